The van der Waals surface area contributed by atoms with Crippen LogP contribution >= 0.6 is 0 Å². The van der Waals surface area contributed by atoms with Gasteiger partial charge < -0.3 is 15.7 Å². The fraction of sp³-hybridized carbons (Fsp3) is 0.318. The van der Waals surface area contributed by atoms with Crippen molar-refractivity contribution < 1.29 is 19.5 Å². The normalized spacial score (nSPS) is 12.8. The minimum atomic E-state index is -1.06. The van der Waals surface area contributed by atoms with Gasteiger partial charge >= 0.3 is 5.97 Å². The first-order chi connectivity index (χ1) is 13.4. The number of amides is 2. The third-order valence-electron chi connectivity index (χ3n) is 4.27. The largest absolute Gasteiger partial charge is 0.480 e. The third-order valence-corrected chi connectivity index (χ3v) is 4.27. The van der Waals surface area contributed by atoms with E-state index in [1.54, 1.807) is 24.3 Å². The van der Waals surface area contributed by atoms with Crippen molar-refractivity contribution >= 4 is 17.8 Å². The van der Waals surface area contributed by atoms with Crippen LogP contribution in [0.25, 0.3) is 0 Å². The van der Waals surface area contributed by atoms with Crippen LogP contribution in [0.15, 0.2) is 60.7 Å². The van der Waals surface area contributed by atoms with Gasteiger partial charge in [0.05, 0.1) is 12.5 Å². The number of rotatable bonds is 9. The molecule has 0 heterocycles. The minimum Gasteiger partial charge on any atom is -0.480 e. The molecule has 148 valence electrons. The summed E-state index contributed by atoms with van der Waals surface area (Å²) >= 11 is 0. The maximum absolute atomic E-state index is 12.5. The highest BCUT2D eigenvalue weighted by molar-refractivity contribution is 5.94. The Balaban J connectivity index is 2.12. The van der Waals surface area contributed by atoms with Gasteiger partial charge in [-0.15, -0.1) is 0 Å². The zero-order chi connectivity index (χ0) is 20.5. The van der Waals surface area contributed by atoms with Gasteiger partial charge in [0, 0.05) is 5.56 Å². The molecule has 0 saturated heterocycles. The van der Waals surface area contributed by atoms with E-state index in [-0.39, 0.29) is 18.2 Å². The van der Waals surface area contributed by atoms with Crippen LogP contribution < -0.4 is 10.6 Å². The zero-order valence-electron chi connectivity index (χ0n) is 16.1. The monoisotopic (exact) mass is 382 g/mol. The quantitative estimate of drug-likeness (QED) is 0.621. The van der Waals surface area contributed by atoms with Gasteiger partial charge in [-0.2, -0.15) is 0 Å². The highest BCUT2D eigenvalue weighted by atomic mass is 16.4. The van der Waals surface area contributed by atoms with Crippen LogP contribution in [0.1, 0.15) is 48.7 Å². The van der Waals surface area contributed by atoms with Crippen molar-refractivity contribution in [3.8, 4) is 0 Å². The Labute approximate surface area is 165 Å². The molecule has 1 unspecified atom stereocenters. The second kappa shape index (κ2) is 10.3. The average molecular weight is 382 g/mol. The molecule has 0 aliphatic carbocycles. The molecule has 2 aromatic rings. The van der Waals surface area contributed by atoms with E-state index < -0.39 is 24.0 Å². The molecular formula is C22H26N2O4. The number of hydrogen-bond donors (Lipinski definition) is 3. The van der Waals surface area contributed by atoms with Gasteiger partial charge in [0.25, 0.3) is 5.91 Å². The van der Waals surface area contributed by atoms with Crippen LogP contribution in [0.4, 0.5) is 0 Å². The molecule has 0 aliphatic heterocycles. The summed E-state index contributed by atoms with van der Waals surface area (Å²) < 4.78 is 0. The molecule has 0 spiro atoms. The first-order valence-electron chi connectivity index (χ1n) is 9.30. The first-order valence-corrected chi connectivity index (χ1v) is 9.30. The SMILES string of the molecule is CC(C)C[C@H](NC(=O)CC(NC(=O)c1ccccc1)c1ccccc1)C(=O)O. The van der Waals surface area contributed by atoms with Gasteiger partial charge in [-0.3, -0.25) is 9.59 Å². The van der Waals surface area contributed by atoms with E-state index >= 15 is 0 Å². The molecular weight excluding hydrogens is 356 g/mol. The molecule has 3 N–H and O–H groups in total. The van der Waals surface area contributed by atoms with Gasteiger partial charge in [0.15, 0.2) is 0 Å². The Bertz CT molecular complexity index is 791. The van der Waals surface area contributed by atoms with E-state index in [0.717, 1.165) is 5.56 Å². The highest BCUT2D eigenvalue weighted by Gasteiger charge is 2.24. The van der Waals surface area contributed by atoms with E-state index in [9.17, 15) is 19.5 Å². The summed E-state index contributed by atoms with van der Waals surface area (Å²) in [6.45, 7) is 3.80. The smallest absolute Gasteiger partial charge is 0.326 e. The second-order valence-corrected chi connectivity index (χ2v) is 7.09. The number of aliphatic carboxylic acids is 1. The summed E-state index contributed by atoms with van der Waals surface area (Å²) in [4.78, 5) is 36.5. The molecule has 0 aliphatic rings. The lowest BCUT2D eigenvalue weighted by Gasteiger charge is -2.21. The van der Waals surface area contributed by atoms with Gasteiger partial charge in [-0.05, 0) is 30.0 Å². The Morgan fingerprint density at radius 3 is 2.00 bits per heavy atom. The maximum atomic E-state index is 12.5. The molecule has 28 heavy (non-hydrogen) atoms. The van der Waals surface area contributed by atoms with E-state index in [1.807, 2.05) is 50.2 Å². The van der Waals surface area contributed by atoms with Crippen molar-refractivity contribution in [2.45, 2.75) is 38.8 Å². The summed E-state index contributed by atoms with van der Waals surface area (Å²) in [5.74, 6) is -1.65. The average Bonchev–Trinajstić information content (AvgIpc) is 2.67. The number of hydrogen-bond acceptors (Lipinski definition) is 3. The van der Waals surface area contributed by atoms with E-state index in [0.29, 0.717) is 12.0 Å². The van der Waals surface area contributed by atoms with Gasteiger partial charge in [-0.25, -0.2) is 4.79 Å². The molecule has 2 amide bonds. The topological polar surface area (TPSA) is 95.5 Å². The molecule has 2 atom stereocenters. The lowest BCUT2D eigenvalue weighted by Crippen LogP contribution is -2.43. The number of carboxylic acid groups (broad SMARTS) is 1. The molecule has 6 heteroatoms. The van der Waals surface area contributed by atoms with Gasteiger partial charge in [0.2, 0.25) is 5.91 Å². The van der Waals surface area contributed by atoms with Crippen molar-refractivity contribution in [1.82, 2.24) is 10.6 Å². The summed E-state index contributed by atoms with van der Waals surface area (Å²) in [7, 11) is 0. The summed E-state index contributed by atoms with van der Waals surface area (Å²) in [6.07, 6.45) is 0.290. The van der Waals surface area contributed by atoms with Crippen molar-refractivity contribution in [3.05, 3.63) is 71.8 Å². The molecule has 2 rings (SSSR count). The maximum Gasteiger partial charge on any atom is 0.326 e. The Morgan fingerprint density at radius 2 is 1.46 bits per heavy atom. The number of carbonyl (C=O) groups is 3. The van der Waals surface area contributed by atoms with Gasteiger partial charge in [-0.1, -0.05) is 62.4 Å². The number of benzene rings is 2. The van der Waals surface area contributed by atoms with Crippen LogP contribution in [0.2, 0.25) is 0 Å². The van der Waals surface area contributed by atoms with Crippen molar-refractivity contribution in [2.75, 3.05) is 0 Å². The van der Waals surface area contributed by atoms with E-state index in [2.05, 4.69) is 10.6 Å². The molecule has 0 fully saturated rings. The van der Waals surface area contributed by atoms with E-state index in [4.69, 9.17) is 0 Å². The van der Waals surface area contributed by atoms with Crippen molar-refractivity contribution in [3.63, 3.8) is 0 Å². The number of nitrogens with one attached hydrogen (secondary N) is 2. The van der Waals surface area contributed by atoms with Crippen LogP contribution in [0.5, 0.6) is 0 Å². The summed E-state index contributed by atoms with van der Waals surface area (Å²) in [5.41, 5.74) is 1.27. The summed E-state index contributed by atoms with van der Waals surface area (Å²) in [6, 6.07) is 16.4. The Hall–Kier alpha value is -3.15. The summed E-state index contributed by atoms with van der Waals surface area (Å²) in [5, 5.41) is 14.8. The fourth-order valence-electron chi connectivity index (χ4n) is 2.90. The van der Waals surface area contributed by atoms with Crippen LogP contribution in [0.3, 0.4) is 0 Å². The molecule has 6 nitrogen and oxygen atoms in total. The Morgan fingerprint density at radius 1 is 0.893 bits per heavy atom. The van der Waals surface area contributed by atoms with Crippen LogP contribution in [-0.2, 0) is 9.59 Å². The zero-order valence-corrected chi connectivity index (χ0v) is 16.1. The number of carboxylic acids is 1. The fourth-order valence-corrected chi connectivity index (χ4v) is 2.90. The first kappa shape index (κ1) is 21.2. The number of carbonyl (C=O) groups excluding carboxylic acids is 2. The molecule has 0 bridgehead atoms. The minimum absolute atomic E-state index is 0.0511. The van der Waals surface area contributed by atoms with Crippen molar-refractivity contribution in [2.24, 2.45) is 5.92 Å². The Kier molecular flexibility index (Phi) is 7.75. The predicted molar refractivity (Wildman–Crippen MR) is 107 cm³/mol. The highest BCUT2D eigenvalue weighted by Crippen LogP contribution is 2.18. The molecule has 0 radical (unpaired) electrons. The lowest BCUT2D eigenvalue weighted by atomic mass is 10.0. The molecule has 2 aromatic carbocycles. The molecule has 0 aromatic heterocycles. The standard InChI is InChI=1S/C22H26N2O4/c1-15(2)13-19(22(27)28)23-20(25)14-18(16-9-5-3-6-10-16)24-21(26)17-11-7-4-8-12-17/h3-12,15,18-19H,13-14H2,1-2H3,(H,23,25)(H,24,26)(H,27,28)/t18?,19-/m0/s1. The molecule has 0 saturated carbocycles. The van der Waals surface area contributed by atoms with Crippen molar-refractivity contribution in [1.29, 1.82) is 0 Å². The third kappa shape index (κ3) is 6.54. The van der Waals surface area contributed by atoms with E-state index in [1.165, 1.54) is 0 Å². The van der Waals surface area contributed by atoms with Crippen LogP contribution in [0, 0.1) is 5.92 Å². The van der Waals surface area contributed by atoms with Gasteiger partial charge in [0.1, 0.15) is 6.04 Å². The van der Waals surface area contributed by atoms with Crippen LogP contribution in [-0.4, -0.2) is 28.9 Å². The lowest BCUT2D eigenvalue weighted by molar-refractivity contribution is -0.142. The second-order valence-electron chi connectivity index (χ2n) is 7.09. The predicted octanol–water partition coefficient (Wildman–Crippen LogP) is 3.16.